The van der Waals surface area contributed by atoms with Gasteiger partial charge in [-0.05, 0) is 42.3 Å². The van der Waals surface area contributed by atoms with E-state index in [2.05, 4.69) is 4.98 Å². The molecule has 2 heterocycles. The Bertz CT molecular complexity index is 659. The Labute approximate surface area is 139 Å². The smallest absolute Gasteiger partial charge is 0.121 e. The zero-order chi connectivity index (χ0) is 16.2. The number of fused-ring (bicyclic) bond motifs is 1. The van der Waals surface area contributed by atoms with E-state index in [9.17, 15) is 5.11 Å². The number of nitrogens with two attached hydrogens (primary N) is 1. The third kappa shape index (κ3) is 3.84. The Morgan fingerprint density at radius 1 is 1.43 bits per heavy atom. The molecule has 0 saturated carbocycles. The van der Waals surface area contributed by atoms with Crippen LogP contribution in [-0.2, 0) is 17.6 Å². The molecular weight excluding hydrogens is 310 g/mol. The van der Waals surface area contributed by atoms with E-state index in [0.717, 1.165) is 24.0 Å². The van der Waals surface area contributed by atoms with Gasteiger partial charge in [0.15, 0.2) is 0 Å². The lowest BCUT2D eigenvalue weighted by Gasteiger charge is -2.26. The molecule has 5 nitrogen and oxygen atoms in total. The first-order valence-corrected chi connectivity index (χ1v) is 8.61. The summed E-state index contributed by atoms with van der Waals surface area (Å²) < 4.78 is 5.84. The molecule has 0 saturated heterocycles. The number of nitrogens with zero attached hydrogens (tertiary/aromatic N) is 1. The second-order valence-corrected chi connectivity index (χ2v) is 6.83. The fourth-order valence-electron chi connectivity index (χ4n) is 2.79. The van der Waals surface area contributed by atoms with E-state index in [4.69, 9.17) is 15.9 Å². The summed E-state index contributed by atoms with van der Waals surface area (Å²) in [6, 6.07) is 5.39. The number of aliphatic hydroxyl groups is 1. The molecule has 122 valence electrons. The SMILES string of the molecule is N=C1CCc2sccc2C1OCC(O)C(N)Cc1cccnc1. The number of nitrogens with one attached hydrogen (secondary N) is 1. The first kappa shape index (κ1) is 16.3. The molecular formula is C17H21N3O2S. The third-order valence-corrected chi connectivity index (χ3v) is 5.12. The van der Waals surface area contributed by atoms with Crippen LogP contribution in [0.15, 0.2) is 36.0 Å². The molecule has 6 heteroatoms. The van der Waals surface area contributed by atoms with E-state index in [-0.39, 0.29) is 12.7 Å². The van der Waals surface area contributed by atoms with Crippen LogP contribution in [-0.4, -0.2) is 34.6 Å². The number of hydrogen-bond donors (Lipinski definition) is 3. The first-order chi connectivity index (χ1) is 11.1. The number of thiophene rings is 1. The number of rotatable bonds is 6. The van der Waals surface area contributed by atoms with Crippen LogP contribution >= 0.6 is 11.3 Å². The molecule has 3 atom stereocenters. The molecule has 0 aliphatic heterocycles. The number of aryl methyl sites for hydroxylation is 1. The highest BCUT2D eigenvalue weighted by molar-refractivity contribution is 7.10. The number of hydrogen-bond acceptors (Lipinski definition) is 6. The Balaban J connectivity index is 1.57. The molecule has 0 aromatic carbocycles. The number of pyridine rings is 1. The van der Waals surface area contributed by atoms with Gasteiger partial charge >= 0.3 is 0 Å². The van der Waals surface area contributed by atoms with Gasteiger partial charge in [-0.2, -0.15) is 0 Å². The van der Waals surface area contributed by atoms with Gasteiger partial charge in [-0.1, -0.05) is 6.07 Å². The summed E-state index contributed by atoms with van der Waals surface area (Å²) in [5.41, 5.74) is 8.70. The molecule has 0 bridgehead atoms. The monoisotopic (exact) mass is 331 g/mol. The number of ether oxygens (including phenoxy) is 1. The minimum atomic E-state index is -0.771. The van der Waals surface area contributed by atoms with Crippen LogP contribution in [0.5, 0.6) is 0 Å². The normalized spacial score (nSPS) is 20.1. The molecule has 3 unspecified atom stereocenters. The highest BCUT2D eigenvalue weighted by Crippen LogP contribution is 2.33. The second-order valence-electron chi connectivity index (χ2n) is 5.83. The van der Waals surface area contributed by atoms with Crippen LogP contribution in [0.1, 0.15) is 28.5 Å². The topological polar surface area (TPSA) is 92.2 Å². The molecule has 0 spiro atoms. The summed E-state index contributed by atoms with van der Waals surface area (Å²) >= 11 is 1.70. The minimum Gasteiger partial charge on any atom is -0.389 e. The van der Waals surface area contributed by atoms with Crippen molar-refractivity contribution in [2.24, 2.45) is 5.73 Å². The summed E-state index contributed by atoms with van der Waals surface area (Å²) in [4.78, 5) is 5.33. The minimum absolute atomic E-state index is 0.129. The Kier molecular flexibility index (Phi) is 5.17. The predicted molar refractivity (Wildman–Crippen MR) is 91.0 cm³/mol. The Hall–Kier alpha value is -1.60. The Morgan fingerprint density at radius 2 is 2.30 bits per heavy atom. The number of aromatic nitrogens is 1. The molecule has 2 aromatic heterocycles. The zero-order valence-electron chi connectivity index (χ0n) is 12.8. The van der Waals surface area contributed by atoms with E-state index in [0.29, 0.717) is 12.1 Å². The average Bonchev–Trinajstić information content (AvgIpc) is 3.03. The van der Waals surface area contributed by atoms with E-state index in [1.165, 1.54) is 4.88 Å². The quantitative estimate of drug-likeness (QED) is 0.756. The molecule has 23 heavy (non-hydrogen) atoms. The van der Waals surface area contributed by atoms with Gasteiger partial charge in [0.2, 0.25) is 0 Å². The van der Waals surface area contributed by atoms with E-state index in [1.807, 2.05) is 23.6 Å². The number of aliphatic hydroxyl groups excluding tert-OH is 1. The van der Waals surface area contributed by atoms with Gasteiger partial charge in [-0.25, -0.2) is 0 Å². The third-order valence-electron chi connectivity index (χ3n) is 4.12. The van der Waals surface area contributed by atoms with Crippen molar-refractivity contribution in [2.45, 2.75) is 37.5 Å². The summed E-state index contributed by atoms with van der Waals surface area (Å²) in [6.07, 6.45) is 4.52. The van der Waals surface area contributed by atoms with E-state index in [1.54, 1.807) is 23.7 Å². The molecule has 0 radical (unpaired) electrons. The lowest BCUT2D eigenvalue weighted by molar-refractivity contribution is 0.00341. The maximum atomic E-state index is 10.3. The first-order valence-electron chi connectivity index (χ1n) is 7.73. The highest BCUT2D eigenvalue weighted by atomic mass is 32.1. The van der Waals surface area contributed by atoms with Crippen molar-refractivity contribution in [3.63, 3.8) is 0 Å². The standard InChI is InChI=1S/C17H21N3O2S/c18-13-3-4-16-12(5-7-23-16)17(13)22-10-15(21)14(19)8-11-2-1-6-20-9-11/h1-2,5-7,9,14-15,17-18,21H,3-4,8,10,19H2. The van der Waals surface area contributed by atoms with Crippen molar-refractivity contribution in [3.05, 3.63) is 52.0 Å². The molecule has 2 aromatic rings. The molecule has 4 N–H and O–H groups in total. The van der Waals surface area contributed by atoms with Gasteiger partial charge in [0.05, 0.1) is 12.7 Å². The van der Waals surface area contributed by atoms with Crippen molar-refractivity contribution >= 4 is 17.0 Å². The van der Waals surface area contributed by atoms with Crippen LogP contribution < -0.4 is 5.73 Å². The lowest BCUT2D eigenvalue weighted by atomic mass is 9.94. The largest absolute Gasteiger partial charge is 0.389 e. The van der Waals surface area contributed by atoms with Gasteiger partial charge in [0.1, 0.15) is 6.10 Å². The predicted octanol–water partition coefficient (Wildman–Crippen LogP) is 2.10. The van der Waals surface area contributed by atoms with Crippen molar-refractivity contribution in [3.8, 4) is 0 Å². The van der Waals surface area contributed by atoms with Crippen LogP contribution in [0.3, 0.4) is 0 Å². The van der Waals surface area contributed by atoms with Crippen molar-refractivity contribution < 1.29 is 9.84 Å². The fraction of sp³-hybridized carbons (Fsp3) is 0.412. The van der Waals surface area contributed by atoms with Gasteiger partial charge < -0.3 is 21.0 Å². The zero-order valence-corrected chi connectivity index (χ0v) is 13.6. The molecule has 3 rings (SSSR count). The maximum Gasteiger partial charge on any atom is 0.121 e. The van der Waals surface area contributed by atoms with Crippen molar-refractivity contribution in [1.82, 2.24) is 4.98 Å². The van der Waals surface area contributed by atoms with Gasteiger partial charge in [-0.3, -0.25) is 4.98 Å². The summed E-state index contributed by atoms with van der Waals surface area (Å²) in [7, 11) is 0. The average molecular weight is 331 g/mol. The molecule has 1 aliphatic rings. The summed E-state index contributed by atoms with van der Waals surface area (Å²) in [5, 5.41) is 20.4. The fourth-order valence-corrected chi connectivity index (χ4v) is 3.70. The van der Waals surface area contributed by atoms with Gasteiger partial charge in [-0.15, -0.1) is 11.3 Å². The Morgan fingerprint density at radius 3 is 3.09 bits per heavy atom. The second kappa shape index (κ2) is 7.31. The molecule has 1 aliphatic carbocycles. The summed E-state index contributed by atoms with van der Waals surface area (Å²) in [5.74, 6) is 0. The van der Waals surface area contributed by atoms with Gasteiger partial charge in [0.25, 0.3) is 0 Å². The van der Waals surface area contributed by atoms with E-state index >= 15 is 0 Å². The van der Waals surface area contributed by atoms with Crippen molar-refractivity contribution in [1.29, 1.82) is 5.41 Å². The maximum absolute atomic E-state index is 10.3. The van der Waals surface area contributed by atoms with Crippen LogP contribution in [0.4, 0.5) is 0 Å². The molecule has 0 amide bonds. The van der Waals surface area contributed by atoms with Gasteiger partial charge in [0, 0.05) is 34.6 Å². The van der Waals surface area contributed by atoms with Crippen LogP contribution in [0.2, 0.25) is 0 Å². The van der Waals surface area contributed by atoms with Crippen LogP contribution in [0, 0.1) is 5.41 Å². The molecule has 0 fully saturated rings. The van der Waals surface area contributed by atoms with Crippen LogP contribution in [0.25, 0.3) is 0 Å². The van der Waals surface area contributed by atoms with Crippen molar-refractivity contribution in [2.75, 3.05) is 6.61 Å². The summed E-state index contributed by atoms with van der Waals surface area (Å²) in [6.45, 7) is 0.129. The van der Waals surface area contributed by atoms with E-state index < -0.39 is 12.1 Å². The lowest BCUT2D eigenvalue weighted by Crippen LogP contribution is -2.40. The highest BCUT2D eigenvalue weighted by Gasteiger charge is 2.28.